The average Bonchev–Trinajstić information content (AvgIpc) is 2.61. The van der Waals surface area contributed by atoms with Crippen molar-refractivity contribution in [2.45, 2.75) is 31.7 Å². The molecule has 23 heavy (non-hydrogen) atoms. The molecule has 2 heteroatoms. The molecule has 122 valence electrons. The van der Waals surface area contributed by atoms with Crippen LogP contribution in [0.25, 0.3) is 0 Å². The quantitative estimate of drug-likeness (QED) is 0.801. The van der Waals surface area contributed by atoms with E-state index in [0.29, 0.717) is 6.04 Å². The number of anilines is 1. The highest BCUT2D eigenvalue weighted by Crippen LogP contribution is 2.29. The van der Waals surface area contributed by atoms with Crippen molar-refractivity contribution in [2.75, 3.05) is 32.1 Å². The molecule has 1 fully saturated rings. The van der Waals surface area contributed by atoms with Gasteiger partial charge in [-0.15, -0.1) is 0 Å². The first-order valence-electron chi connectivity index (χ1n) is 8.79. The summed E-state index contributed by atoms with van der Waals surface area (Å²) in [7, 11) is 4.20. The SMILES string of the molecule is CN(C)c1ccc([C@H](Cc2ccccc2)N2CCCCC2)cc1. The van der Waals surface area contributed by atoms with Crippen LogP contribution in [0.1, 0.15) is 36.4 Å². The Morgan fingerprint density at radius 2 is 1.52 bits per heavy atom. The van der Waals surface area contributed by atoms with Crippen LogP contribution in [0.2, 0.25) is 0 Å². The fourth-order valence-electron chi connectivity index (χ4n) is 3.52. The summed E-state index contributed by atoms with van der Waals surface area (Å²) in [6.45, 7) is 2.46. The zero-order chi connectivity index (χ0) is 16.1. The molecule has 0 saturated carbocycles. The van der Waals surface area contributed by atoms with Gasteiger partial charge in [0.15, 0.2) is 0 Å². The summed E-state index contributed by atoms with van der Waals surface area (Å²) in [5.74, 6) is 0. The average molecular weight is 308 g/mol. The summed E-state index contributed by atoms with van der Waals surface area (Å²) >= 11 is 0. The van der Waals surface area contributed by atoms with Crippen molar-refractivity contribution in [3.8, 4) is 0 Å². The van der Waals surface area contributed by atoms with Crippen molar-refractivity contribution in [1.82, 2.24) is 4.90 Å². The molecule has 1 atom stereocenters. The minimum Gasteiger partial charge on any atom is -0.378 e. The molecule has 0 radical (unpaired) electrons. The van der Waals surface area contributed by atoms with Crippen LogP contribution in [-0.4, -0.2) is 32.1 Å². The smallest absolute Gasteiger partial charge is 0.0388 e. The Morgan fingerprint density at radius 3 is 2.13 bits per heavy atom. The van der Waals surface area contributed by atoms with Gasteiger partial charge in [-0.05, 0) is 55.6 Å². The molecule has 3 rings (SSSR count). The molecule has 1 saturated heterocycles. The summed E-state index contributed by atoms with van der Waals surface area (Å²) < 4.78 is 0. The van der Waals surface area contributed by atoms with Gasteiger partial charge in [0.2, 0.25) is 0 Å². The fraction of sp³-hybridized carbons (Fsp3) is 0.429. The maximum absolute atomic E-state index is 2.68. The maximum Gasteiger partial charge on any atom is 0.0388 e. The minimum absolute atomic E-state index is 0.494. The molecule has 0 amide bonds. The van der Waals surface area contributed by atoms with Crippen molar-refractivity contribution in [3.05, 3.63) is 65.7 Å². The number of piperidine rings is 1. The summed E-state index contributed by atoms with van der Waals surface area (Å²) in [6.07, 6.45) is 5.15. The van der Waals surface area contributed by atoms with Gasteiger partial charge in [0.25, 0.3) is 0 Å². The number of nitrogens with zero attached hydrogens (tertiary/aromatic N) is 2. The Morgan fingerprint density at radius 1 is 0.870 bits per heavy atom. The molecule has 2 aromatic carbocycles. The molecule has 1 aliphatic heterocycles. The fourth-order valence-corrected chi connectivity index (χ4v) is 3.52. The third-order valence-corrected chi connectivity index (χ3v) is 4.90. The van der Waals surface area contributed by atoms with E-state index < -0.39 is 0 Å². The van der Waals surface area contributed by atoms with Gasteiger partial charge in [-0.3, -0.25) is 4.90 Å². The van der Waals surface area contributed by atoms with Crippen molar-refractivity contribution in [2.24, 2.45) is 0 Å². The van der Waals surface area contributed by atoms with Crippen LogP contribution >= 0.6 is 0 Å². The Balaban J connectivity index is 1.84. The Labute approximate surface area is 140 Å². The topological polar surface area (TPSA) is 6.48 Å². The van der Waals surface area contributed by atoms with Gasteiger partial charge >= 0.3 is 0 Å². The molecule has 0 aliphatic carbocycles. The van der Waals surface area contributed by atoms with Crippen LogP contribution in [0.3, 0.4) is 0 Å². The van der Waals surface area contributed by atoms with E-state index >= 15 is 0 Å². The first kappa shape index (κ1) is 16.1. The van der Waals surface area contributed by atoms with Crippen LogP contribution < -0.4 is 4.90 Å². The summed E-state index contributed by atoms with van der Waals surface area (Å²) in [5.41, 5.74) is 4.15. The van der Waals surface area contributed by atoms with E-state index in [1.165, 1.54) is 49.2 Å². The lowest BCUT2D eigenvalue weighted by Gasteiger charge is -2.35. The lowest BCUT2D eigenvalue weighted by Crippen LogP contribution is -2.34. The summed E-state index contributed by atoms with van der Waals surface area (Å²) in [4.78, 5) is 4.85. The number of hydrogen-bond donors (Lipinski definition) is 0. The first-order chi connectivity index (χ1) is 11.2. The highest BCUT2D eigenvalue weighted by Gasteiger charge is 2.22. The van der Waals surface area contributed by atoms with E-state index in [4.69, 9.17) is 0 Å². The highest BCUT2D eigenvalue weighted by molar-refractivity contribution is 5.46. The number of likely N-dealkylation sites (tertiary alicyclic amines) is 1. The van der Waals surface area contributed by atoms with Gasteiger partial charge in [-0.2, -0.15) is 0 Å². The largest absolute Gasteiger partial charge is 0.378 e. The number of benzene rings is 2. The number of hydrogen-bond acceptors (Lipinski definition) is 2. The van der Waals surface area contributed by atoms with Crippen molar-refractivity contribution >= 4 is 5.69 Å². The third kappa shape index (κ3) is 4.14. The second kappa shape index (κ2) is 7.65. The van der Waals surface area contributed by atoms with Gasteiger partial charge < -0.3 is 4.90 Å². The lowest BCUT2D eigenvalue weighted by atomic mass is 9.95. The predicted molar refractivity (Wildman–Crippen MR) is 99.1 cm³/mol. The molecule has 2 nitrogen and oxygen atoms in total. The second-order valence-electron chi connectivity index (χ2n) is 6.79. The van der Waals surface area contributed by atoms with Gasteiger partial charge in [0.1, 0.15) is 0 Å². The normalized spacial score (nSPS) is 17.0. The zero-order valence-corrected chi connectivity index (χ0v) is 14.4. The third-order valence-electron chi connectivity index (χ3n) is 4.90. The minimum atomic E-state index is 0.494. The monoisotopic (exact) mass is 308 g/mol. The molecule has 0 bridgehead atoms. The van der Waals surface area contributed by atoms with E-state index in [1.807, 2.05) is 0 Å². The molecule has 0 spiro atoms. The van der Waals surface area contributed by atoms with Gasteiger partial charge in [-0.1, -0.05) is 48.9 Å². The lowest BCUT2D eigenvalue weighted by molar-refractivity contribution is 0.162. The van der Waals surface area contributed by atoms with Crippen molar-refractivity contribution in [3.63, 3.8) is 0 Å². The van der Waals surface area contributed by atoms with E-state index in [0.717, 1.165) is 6.42 Å². The van der Waals surface area contributed by atoms with Crippen LogP contribution in [0.5, 0.6) is 0 Å². The van der Waals surface area contributed by atoms with Crippen LogP contribution in [-0.2, 0) is 6.42 Å². The van der Waals surface area contributed by atoms with Crippen LogP contribution in [0.15, 0.2) is 54.6 Å². The molecule has 1 aliphatic rings. The highest BCUT2D eigenvalue weighted by atomic mass is 15.2. The zero-order valence-electron chi connectivity index (χ0n) is 14.4. The maximum atomic E-state index is 2.68. The van der Waals surface area contributed by atoms with Crippen molar-refractivity contribution < 1.29 is 0 Å². The van der Waals surface area contributed by atoms with E-state index in [-0.39, 0.29) is 0 Å². The molecule has 2 aromatic rings. The molecule has 0 N–H and O–H groups in total. The molecular weight excluding hydrogens is 280 g/mol. The standard InChI is InChI=1S/C21H28N2/c1-22(2)20-13-11-19(12-14-20)21(23-15-7-4-8-16-23)17-18-9-5-3-6-10-18/h3,5-6,9-14,21H,4,7-8,15-17H2,1-2H3/t21-/m0/s1. The van der Waals surface area contributed by atoms with E-state index in [9.17, 15) is 0 Å². The Kier molecular flexibility index (Phi) is 5.35. The number of rotatable bonds is 5. The first-order valence-corrected chi connectivity index (χ1v) is 8.79. The molecule has 1 heterocycles. The van der Waals surface area contributed by atoms with E-state index in [1.54, 1.807) is 0 Å². The molecule has 0 aromatic heterocycles. The van der Waals surface area contributed by atoms with Gasteiger partial charge in [0, 0.05) is 25.8 Å². The van der Waals surface area contributed by atoms with E-state index in [2.05, 4.69) is 78.5 Å². The Bertz CT molecular complexity index is 583. The summed E-state index contributed by atoms with van der Waals surface area (Å²) in [6, 6.07) is 20.5. The molecule has 0 unspecified atom stereocenters. The van der Waals surface area contributed by atoms with Crippen molar-refractivity contribution in [1.29, 1.82) is 0 Å². The predicted octanol–water partition coefficient (Wildman–Crippen LogP) is 4.52. The van der Waals surface area contributed by atoms with Crippen LogP contribution in [0, 0.1) is 0 Å². The summed E-state index contributed by atoms with van der Waals surface area (Å²) in [5, 5.41) is 0. The van der Waals surface area contributed by atoms with Crippen LogP contribution in [0.4, 0.5) is 5.69 Å². The van der Waals surface area contributed by atoms with Gasteiger partial charge in [-0.25, -0.2) is 0 Å². The van der Waals surface area contributed by atoms with Gasteiger partial charge in [0.05, 0.1) is 0 Å². The second-order valence-corrected chi connectivity index (χ2v) is 6.79. The Hall–Kier alpha value is -1.80. The molecular formula is C21H28N2.